The molecule has 1 aromatic heterocycles. The van der Waals surface area contributed by atoms with E-state index in [1.165, 1.54) is 11.0 Å². The molecular formula is C23H24ClN5O4S2. The van der Waals surface area contributed by atoms with E-state index in [9.17, 15) is 18.0 Å². The van der Waals surface area contributed by atoms with Crippen LogP contribution in [0.3, 0.4) is 0 Å². The Labute approximate surface area is 212 Å². The molecule has 9 nitrogen and oxygen atoms in total. The third-order valence-electron chi connectivity index (χ3n) is 5.47. The van der Waals surface area contributed by atoms with E-state index in [0.29, 0.717) is 17.3 Å². The van der Waals surface area contributed by atoms with E-state index in [-0.39, 0.29) is 23.8 Å². The van der Waals surface area contributed by atoms with Gasteiger partial charge in [-0.1, -0.05) is 41.9 Å². The van der Waals surface area contributed by atoms with Crippen LogP contribution in [0.2, 0.25) is 5.02 Å². The molecule has 0 aliphatic carbocycles. The van der Waals surface area contributed by atoms with Crippen molar-refractivity contribution < 1.29 is 18.0 Å². The highest BCUT2D eigenvalue weighted by molar-refractivity contribution is 7.91. The molecule has 4 N–H and O–H groups in total. The number of benzene rings is 2. The average molecular weight is 534 g/mol. The number of nitrogens with one attached hydrogen (secondary N) is 2. The number of carbonyl (C=O) groups is 2. The summed E-state index contributed by atoms with van der Waals surface area (Å²) < 4.78 is 27.8. The number of urea groups is 1. The van der Waals surface area contributed by atoms with Crippen LogP contribution in [0.5, 0.6) is 0 Å². The van der Waals surface area contributed by atoms with E-state index >= 15 is 0 Å². The first-order valence-corrected chi connectivity index (χ1v) is 13.4. The van der Waals surface area contributed by atoms with Crippen molar-refractivity contribution in [3.63, 3.8) is 0 Å². The molecule has 1 unspecified atom stereocenters. The van der Waals surface area contributed by atoms with Gasteiger partial charge in [0.15, 0.2) is 6.17 Å². The van der Waals surface area contributed by atoms with Crippen LogP contribution in [0.1, 0.15) is 11.1 Å². The van der Waals surface area contributed by atoms with Gasteiger partial charge in [0.05, 0.1) is 0 Å². The average Bonchev–Trinajstić information content (AvgIpc) is 3.55. The molecule has 1 saturated heterocycles. The van der Waals surface area contributed by atoms with E-state index < -0.39 is 28.1 Å². The molecule has 1 aliphatic heterocycles. The summed E-state index contributed by atoms with van der Waals surface area (Å²) in [7, 11) is -3.99. The maximum atomic E-state index is 13.3. The lowest BCUT2D eigenvalue weighted by molar-refractivity contribution is -0.127. The molecule has 12 heteroatoms. The zero-order valence-corrected chi connectivity index (χ0v) is 20.9. The van der Waals surface area contributed by atoms with Crippen molar-refractivity contribution in [2.24, 2.45) is 5.73 Å². The van der Waals surface area contributed by atoms with Crippen molar-refractivity contribution in [2.45, 2.75) is 23.5 Å². The van der Waals surface area contributed by atoms with Gasteiger partial charge < -0.3 is 16.4 Å². The van der Waals surface area contributed by atoms with E-state index in [4.69, 9.17) is 17.3 Å². The van der Waals surface area contributed by atoms with Gasteiger partial charge in [-0.05, 0) is 46.8 Å². The van der Waals surface area contributed by atoms with Crippen LogP contribution in [0.15, 0.2) is 70.3 Å². The molecule has 0 radical (unpaired) electrons. The van der Waals surface area contributed by atoms with Crippen LogP contribution in [-0.2, 0) is 27.9 Å². The topological polar surface area (TPSA) is 125 Å². The standard InChI is InChI=1S/C23H24ClN5O4S2/c24-18-6-8-19(9-7-18)27-23(31)28-10-11-29(35(32,33)20-5-2-12-34-20)22(28)21(30)26-15-17-4-1-3-16(13-17)14-25/h1-9,12-13,22H,10-11,14-15,25H2,(H,26,30)(H,27,31). The van der Waals surface area contributed by atoms with Crippen LogP contribution in [0.4, 0.5) is 10.5 Å². The zero-order valence-electron chi connectivity index (χ0n) is 18.6. The fourth-order valence-electron chi connectivity index (χ4n) is 3.74. The Hall–Kier alpha value is -2.96. The van der Waals surface area contributed by atoms with Gasteiger partial charge in [-0.2, -0.15) is 4.31 Å². The largest absolute Gasteiger partial charge is 0.349 e. The van der Waals surface area contributed by atoms with E-state index in [1.807, 2.05) is 24.3 Å². The molecule has 1 fully saturated rings. The Morgan fingerprint density at radius 3 is 2.49 bits per heavy atom. The fourth-order valence-corrected chi connectivity index (χ4v) is 6.54. The molecule has 0 bridgehead atoms. The lowest BCUT2D eigenvalue weighted by Crippen LogP contribution is -2.54. The number of hydrogen-bond acceptors (Lipinski definition) is 6. The van der Waals surface area contributed by atoms with Crippen molar-refractivity contribution in [3.05, 3.63) is 82.2 Å². The first-order valence-electron chi connectivity index (χ1n) is 10.7. The van der Waals surface area contributed by atoms with Gasteiger partial charge >= 0.3 is 6.03 Å². The SMILES string of the molecule is NCc1cccc(CNC(=O)C2N(C(=O)Nc3ccc(Cl)cc3)CCN2S(=O)(=O)c2cccs2)c1. The van der Waals surface area contributed by atoms with Crippen LogP contribution in [0, 0.1) is 0 Å². The second kappa shape index (κ2) is 10.8. The molecule has 3 aromatic rings. The third kappa shape index (κ3) is 5.65. The lowest BCUT2D eigenvalue weighted by Gasteiger charge is -2.28. The van der Waals surface area contributed by atoms with Gasteiger partial charge in [-0.25, -0.2) is 13.2 Å². The maximum absolute atomic E-state index is 13.3. The predicted octanol–water partition coefficient (Wildman–Crippen LogP) is 3.04. The summed E-state index contributed by atoms with van der Waals surface area (Å²) >= 11 is 6.96. The number of anilines is 1. The Morgan fingerprint density at radius 2 is 1.80 bits per heavy atom. The fraction of sp³-hybridized carbons (Fsp3) is 0.217. The molecular weight excluding hydrogens is 510 g/mol. The van der Waals surface area contributed by atoms with Gasteiger partial charge in [-0.3, -0.25) is 9.69 Å². The number of sulfonamides is 1. The molecule has 35 heavy (non-hydrogen) atoms. The van der Waals surface area contributed by atoms with Gasteiger partial charge in [0, 0.05) is 36.9 Å². The number of thiophene rings is 1. The number of rotatable bonds is 7. The Kier molecular flexibility index (Phi) is 7.72. The summed E-state index contributed by atoms with van der Waals surface area (Å²) in [6, 6.07) is 16.4. The first kappa shape index (κ1) is 25.1. The third-order valence-corrected chi connectivity index (χ3v) is 8.95. The minimum absolute atomic E-state index is 0.0188. The number of hydrogen-bond donors (Lipinski definition) is 3. The molecule has 1 atom stereocenters. The van der Waals surface area contributed by atoms with E-state index in [2.05, 4.69) is 10.6 Å². The van der Waals surface area contributed by atoms with E-state index in [1.54, 1.807) is 35.7 Å². The summed E-state index contributed by atoms with van der Waals surface area (Å²) in [4.78, 5) is 27.6. The van der Waals surface area contributed by atoms with Gasteiger partial charge in [0.25, 0.3) is 15.9 Å². The maximum Gasteiger partial charge on any atom is 0.323 e. The molecule has 2 aromatic carbocycles. The zero-order chi connectivity index (χ0) is 25.0. The van der Waals surface area contributed by atoms with Crippen molar-refractivity contribution in [1.29, 1.82) is 0 Å². The predicted molar refractivity (Wildman–Crippen MR) is 135 cm³/mol. The summed E-state index contributed by atoms with van der Waals surface area (Å²) in [5, 5.41) is 7.64. The Morgan fingerprint density at radius 1 is 1.06 bits per heavy atom. The quantitative estimate of drug-likeness (QED) is 0.430. The minimum Gasteiger partial charge on any atom is -0.349 e. The van der Waals surface area contributed by atoms with Crippen molar-refractivity contribution in [1.82, 2.24) is 14.5 Å². The molecule has 4 rings (SSSR count). The smallest absolute Gasteiger partial charge is 0.323 e. The van der Waals surface area contributed by atoms with Crippen molar-refractivity contribution in [2.75, 3.05) is 18.4 Å². The molecule has 2 heterocycles. The highest BCUT2D eigenvalue weighted by Crippen LogP contribution is 2.28. The number of amides is 3. The summed E-state index contributed by atoms with van der Waals surface area (Å²) in [6.07, 6.45) is -1.35. The minimum atomic E-state index is -3.99. The molecule has 0 spiro atoms. The summed E-state index contributed by atoms with van der Waals surface area (Å²) in [5.74, 6) is -0.605. The van der Waals surface area contributed by atoms with Crippen LogP contribution >= 0.6 is 22.9 Å². The number of halogens is 1. The van der Waals surface area contributed by atoms with Crippen molar-refractivity contribution >= 4 is 50.6 Å². The van der Waals surface area contributed by atoms with Crippen LogP contribution < -0.4 is 16.4 Å². The molecule has 0 saturated carbocycles. The summed E-state index contributed by atoms with van der Waals surface area (Å²) in [6.45, 7) is 0.540. The van der Waals surface area contributed by atoms with Crippen LogP contribution in [-0.4, -0.2) is 48.8 Å². The first-order chi connectivity index (χ1) is 16.8. The van der Waals surface area contributed by atoms with E-state index in [0.717, 1.165) is 26.8 Å². The molecule has 1 aliphatic rings. The second-order valence-electron chi connectivity index (χ2n) is 7.79. The van der Waals surface area contributed by atoms with Gasteiger partial charge in [-0.15, -0.1) is 11.3 Å². The Bertz CT molecular complexity index is 1300. The van der Waals surface area contributed by atoms with Gasteiger partial charge in [0.2, 0.25) is 0 Å². The number of carbonyl (C=O) groups excluding carboxylic acids is 2. The monoisotopic (exact) mass is 533 g/mol. The van der Waals surface area contributed by atoms with Crippen molar-refractivity contribution in [3.8, 4) is 0 Å². The Balaban J connectivity index is 1.58. The second-order valence-corrected chi connectivity index (χ2v) is 11.3. The molecule has 184 valence electrons. The lowest BCUT2D eigenvalue weighted by atomic mass is 10.1. The number of nitrogens with zero attached hydrogens (tertiary/aromatic N) is 2. The highest BCUT2D eigenvalue weighted by atomic mass is 35.5. The number of nitrogens with two attached hydrogens (primary N) is 1. The highest BCUT2D eigenvalue weighted by Gasteiger charge is 2.46. The normalized spacial score (nSPS) is 16.3. The van der Waals surface area contributed by atoms with Gasteiger partial charge in [0.1, 0.15) is 4.21 Å². The van der Waals surface area contributed by atoms with Crippen LogP contribution in [0.25, 0.3) is 0 Å². The molecule has 3 amide bonds. The summed E-state index contributed by atoms with van der Waals surface area (Å²) in [5.41, 5.74) is 7.88.